The first-order valence-electron chi connectivity index (χ1n) is 9.45. The van der Waals surface area contributed by atoms with Gasteiger partial charge in [-0.15, -0.1) is 0 Å². The molecule has 1 saturated heterocycles. The minimum absolute atomic E-state index is 0.595. The Morgan fingerprint density at radius 2 is 1.92 bits per heavy atom. The van der Waals surface area contributed by atoms with Crippen molar-refractivity contribution in [3.8, 4) is 5.75 Å². The molecule has 2 N–H and O–H groups in total. The molecule has 0 unspecified atom stereocenters. The molecular formula is C22H27N3O. The summed E-state index contributed by atoms with van der Waals surface area (Å²) >= 11 is 0. The highest BCUT2D eigenvalue weighted by Gasteiger charge is 2.19. The van der Waals surface area contributed by atoms with E-state index in [1.54, 1.807) is 7.11 Å². The molecule has 0 atom stereocenters. The van der Waals surface area contributed by atoms with E-state index in [1.165, 1.54) is 34.9 Å². The van der Waals surface area contributed by atoms with Gasteiger partial charge in [-0.05, 0) is 55.3 Å². The van der Waals surface area contributed by atoms with Crippen molar-refractivity contribution in [3.63, 3.8) is 0 Å². The molecule has 4 rings (SSSR count). The largest absolute Gasteiger partial charge is 0.497 e. The van der Waals surface area contributed by atoms with Gasteiger partial charge in [0.2, 0.25) is 0 Å². The summed E-state index contributed by atoms with van der Waals surface area (Å²) in [5.41, 5.74) is 3.89. The van der Waals surface area contributed by atoms with Gasteiger partial charge < -0.3 is 15.0 Å². The Morgan fingerprint density at radius 1 is 1.12 bits per heavy atom. The number of aromatic amines is 1. The summed E-state index contributed by atoms with van der Waals surface area (Å²) in [6, 6.07) is 17.6. The average molecular weight is 349 g/mol. The zero-order valence-corrected chi connectivity index (χ0v) is 15.4. The molecule has 0 spiro atoms. The molecule has 3 aromatic rings. The average Bonchev–Trinajstić information content (AvgIpc) is 3.10. The van der Waals surface area contributed by atoms with E-state index in [0.29, 0.717) is 6.04 Å². The standard InChI is InChI=1S/C22H27N3O/c1-26-20-7-8-22-21(13-20)18(15-24-22)14-23-19-9-11-25(12-10-19)16-17-5-3-2-4-6-17/h2-8,13,15,19,23-24H,9-12,14,16H2,1H3. The van der Waals surface area contributed by atoms with Crippen molar-refractivity contribution in [3.05, 3.63) is 65.9 Å². The fraction of sp³-hybridized carbons (Fsp3) is 0.364. The van der Waals surface area contributed by atoms with Crippen LogP contribution in [0.15, 0.2) is 54.7 Å². The normalized spacial score (nSPS) is 16.2. The van der Waals surface area contributed by atoms with E-state index in [4.69, 9.17) is 4.74 Å². The lowest BCUT2D eigenvalue weighted by Crippen LogP contribution is -2.41. The Balaban J connectivity index is 1.30. The number of ether oxygens (including phenoxy) is 1. The van der Waals surface area contributed by atoms with Crippen molar-refractivity contribution in [2.45, 2.75) is 32.0 Å². The molecule has 0 aliphatic carbocycles. The molecule has 1 aliphatic rings. The van der Waals surface area contributed by atoms with Crippen LogP contribution in [0.3, 0.4) is 0 Å². The maximum Gasteiger partial charge on any atom is 0.119 e. The second kappa shape index (κ2) is 7.94. The monoisotopic (exact) mass is 349 g/mol. The topological polar surface area (TPSA) is 40.3 Å². The molecule has 1 aliphatic heterocycles. The summed E-state index contributed by atoms with van der Waals surface area (Å²) < 4.78 is 5.36. The van der Waals surface area contributed by atoms with Gasteiger partial charge in [0, 0.05) is 36.2 Å². The number of nitrogens with one attached hydrogen (secondary N) is 2. The first-order valence-corrected chi connectivity index (χ1v) is 9.45. The summed E-state index contributed by atoms with van der Waals surface area (Å²) in [6.45, 7) is 4.29. The van der Waals surface area contributed by atoms with Gasteiger partial charge >= 0.3 is 0 Å². The highest BCUT2D eigenvalue weighted by atomic mass is 16.5. The molecule has 0 bridgehead atoms. The molecule has 0 amide bonds. The van der Waals surface area contributed by atoms with Crippen LogP contribution in [-0.4, -0.2) is 36.1 Å². The van der Waals surface area contributed by atoms with Gasteiger partial charge in [-0.25, -0.2) is 0 Å². The fourth-order valence-electron chi connectivity index (χ4n) is 3.82. The molecule has 1 aromatic heterocycles. The van der Waals surface area contributed by atoms with Crippen molar-refractivity contribution < 1.29 is 4.74 Å². The smallest absolute Gasteiger partial charge is 0.119 e. The molecule has 1 fully saturated rings. The third kappa shape index (κ3) is 3.92. The highest BCUT2D eigenvalue weighted by molar-refractivity contribution is 5.84. The van der Waals surface area contributed by atoms with E-state index in [-0.39, 0.29) is 0 Å². The summed E-state index contributed by atoms with van der Waals surface area (Å²) in [5, 5.41) is 5.00. The molecule has 4 heteroatoms. The third-order valence-corrected chi connectivity index (χ3v) is 5.39. The van der Waals surface area contributed by atoms with Crippen molar-refractivity contribution in [2.24, 2.45) is 0 Å². The zero-order chi connectivity index (χ0) is 17.8. The number of methoxy groups -OCH3 is 1. The van der Waals surface area contributed by atoms with Crippen molar-refractivity contribution in [2.75, 3.05) is 20.2 Å². The Hall–Kier alpha value is -2.30. The van der Waals surface area contributed by atoms with E-state index in [1.807, 2.05) is 6.07 Å². The maximum atomic E-state index is 5.36. The third-order valence-electron chi connectivity index (χ3n) is 5.39. The van der Waals surface area contributed by atoms with Crippen LogP contribution in [0, 0.1) is 0 Å². The minimum Gasteiger partial charge on any atom is -0.497 e. The number of aromatic nitrogens is 1. The van der Waals surface area contributed by atoms with E-state index in [9.17, 15) is 0 Å². The van der Waals surface area contributed by atoms with E-state index in [2.05, 4.69) is 63.9 Å². The van der Waals surface area contributed by atoms with Gasteiger partial charge in [-0.2, -0.15) is 0 Å². The maximum absolute atomic E-state index is 5.36. The number of fused-ring (bicyclic) bond motifs is 1. The second-order valence-electron chi connectivity index (χ2n) is 7.14. The molecule has 4 nitrogen and oxygen atoms in total. The number of piperidine rings is 1. The first kappa shape index (κ1) is 17.1. The van der Waals surface area contributed by atoms with Crippen LogP contribution in [0.1, 0.15) is 24.0 Å². The molecule has 2 heterocycles. The quantitative estimate of drug-likeness (QED) is 0.708. The predicted octanol–water partition coefficient (Wildman–Crippen LogP) is 3.93. The number of H-pyrrole nitrogens is 1. The van der Waals surface area contributed by atoms with Crippen LogP contribution in [0.4, 0.5) is 0 Å². The number of hydrogen-bond donors (Lipinski definition) is 2. The van der Waals surface area contributed by atoms with Crippen molar-refractivity contribution in [1.29, 1.82) is 0 Å². The number of hydrogen-bond acceptors (Lipinski definition) is 3. The van der Waals surface area contributed by atoms with Gasteiger partial charge in [-0.1, -0.05) is 30.3 Å². The van der Waals surface area contributed by atoms with E-state index >= 15 is 0 Å². The van der Waals surface area contributed by atoms with Crippen LogP contribution in [0.2, 0.25) is 0 Å². The summed E-state index contributed by atoms with van der Waals surface area (Å²) in [6.07, 6.45) is 4.53. The first-order chi connectivity index (χ1) is 12.8. The lowest BCUT2D eigenvalue weighted by Gasteiger charge is -2.32. The minimum atomic E-state index is 0.595. The Bertz CT molecular complexity index is 835. The van der Waals surface area contributed by atoms with Crippen LogP contribution >= 0.6 is 0 Å². The Morgan fingerprint density at radius 3 is 2.69 bits per heavy atom. The molecule has 2 aromatic carbocycles. The van der Waals surface area contributed by atoms with Gasteiger partial charge in [0.1, 0.15) is 5.75 Å². The number of benzene rings is 2. The lowest BCUT2D eigenvalue weighted by atomic mass is 10.0. The Kier molecular flexibility index (Phi) is 5.23. The molecule has 136 valence electrons. The molecule has 26 heavy (non-hydrogen) atoms. The summed E-state index contributed by atoms with van der Waals surface area (Å²) in [4.78, 5) is 5.92. The molecule has 0 saturated carbocycles. The van der Waals surface area contributed by atoms with Crippen LogP contribution < -0.4 is 10.1 Å². The number of nitrogens with zero attached hydrogens (tertiary/aromatic N) is 1. The Labute approximate surface area is 155 Å². The van der Waals surface area contributed by atoms with Gasteiger partial charge in [0.25, 0.3) is 0 Å². The van der Waals surface area contributed by atoms with Gasteiger partial charge in [0.05, 0.1) is 7.11 Å². The zero-order valence-electron chi connectivity index (χ0n) is 15.4. The summed E-state index contributed by atoms with van der Waals surface area (Å²) in [7, 11) is 1.72. The predicted molar refractivity (Wildman–Crippen MR) is 106 cm³/mol. The highest BCUT2D eigenvalue weighted by Crippen LogP contribution is 2.24. The van der Waals surface area contributed by atoms with Gasteiger partial charge in [-0.3, -0.25) is 4.90 Å². The van der Waals surface area contributed by atoms with Crippen LogP contribution in [0.25, 0.3) is 10.9 Å². The van der Waals surface area contributed by atoms with Crippen LogP contribution in [0.5, 0.6) is 5.75 Å². The molecular weight excluding hydrogens is 322 g/mol. The van der Waals surface area contributed by atoms with Crippen molar-refractivity contribution >= 4 is 10.9 Å². The van der Waals surface area contributed by atoms with E-state index in [0.717, 1.165) is 31.9 Å². The molecule has 0 radical (unpaired) electrons. The number of rotatable bonds is 6. The van der Waals surface area contributed by atoms with Gasteiger partial charge in [0.15, 0.2) is 0 Å². The van der Waals surface area contributed by atoms with E-state index < -0.39 is 0 Å². The fourth-order valence-corrected chi connectivity index (χ4v) is 3.82. The second-order valence-corrected chi connectivity index (χ2v) is 7.14. The van der Waals surface area contributed by atoms with Crippen molar-refractivity contribution in [1.82, 2.24) is 15.2 Å². The number of likely N-dealkylation sites (tertiary alicyclic amines) is 1. The SMILES string of the molecule is COc1ccc2[nH]cc(CNC3CCN(Cc4ccccc4)CC3)c2c1. The lowest BCUT2D eigenvalue weighted by molar-refractivity contribution is 0.190. The summed E-state index contributed by atoms with van der Waals surface area (Å²) in [5.74, 6) is 0.910. The van der Waals surface area contributed by atoms with Crippen LogP contribution in [-0.2, 0) is 13.1 Å².